The Morgan fingerprint density at radius 3 is 2.31 bits per heavy atom. The third-order valence-electron chi connectivity index (χ3n) is 5.30. The van der Waals surface area contributed by atoms with Gasteiger partial charge in [-0.1, -0.05) is 60.5 Å². The van der Waals surface area contributed by atoms with Gasteiger partial charge in [0, 0.05) is 18.6 Å². The highest BCUT2D eigenvalue weighted by molar-refractivity contribution is 6.30. The normalized spacial score (nSPS) is 18.7. The number of hydrogen-bond donors (Lipinski definition) is 1. The van der Waals surface area contributed by atoms with Gasteiger partial charge in [-0.05, 0) is 36.6 Å². The Morgan fingerprint density at radius 1 is 1.10 bits per heavy atom. The molecule has 0 bridgehead atoms. The zero-order valence-corrected chi connectivity index (χ0v) is 17.5. The van der Waals surface area contributed by atoms with Crippen molar-refractivity contribution < 1.29 is 14.4 Å². The molecule has 1 aliphatic rings. The molecule has 1 fully saturated rings. The van der Waals surface area contributed by atoms with Crippen molar-refractivity contribution in [1.29, 1.82) is 0 Å². The number of likely N-dealkylation sites (N-methyl/N-ethyl adjacent to an activating group) is 1. The molecule has 0 saturated carbocycles. The van der Waals surface area contributed by atoms with E-state index in [-0.39, 0.29) is 12.5 Å². The van der Waals surface area contributed by atoms with E-state index in [2.05, 4.69) is 5.32 Å². The lowest BCUT2D eigenvalue weighted by Gasteiger charge is -2.26. The first-order chi connectivity index (χ1) is 13.8. The van der Waals surface area contributed by atoms with E-state index in [4.69, 9.17) is 11.6 Å². The Bertz CT molecular complexity index is 927. The van der Waals surface area contributed by atoms with E-state index in [1.165, 1.54) is 4.90 Å². The van der Waals surface area contributed by atoms with Gasteiger partial charge in [0.2, 0.25) is 5.91 Å². The van der Waals surface area contributed by atoms with Gasteiger partial charge >= 0.3 is 6.03 Å². The molecule has 7 heteroatoms. The van der Waals surface area contributed by atoms with Gasteiger partial charge in [-0.25, -0.2) is 4.79 Å². The zero-order chi connectivity index (χ0) is 21.2. The van der Waals surface area contributed by atoms with Gasteiger partial charge < -0.3 is 10.2 Å². The fourth-order valence-electron chi connectivity index (χ4n) is 3.46. The van der Waals surface area contributed by atoms with Gasteiger partial charge in [0.05, 0.1) is 0 Å². The van der Waals surface area contributed by atoms with Crippen molar-refractivity contribution in [2.24, 2.45) is 0 Å². The number of halogens is 1. The molecule has 0 aromatic heterocycles. The van der Waals surface area contributed by atoms with E-state index < -0.39 is 17.5 Å². The van der Waals surface area contributed by atoms with Crippen LogP contribution >= 0.6 is 11.6 Å². The summed E-state index contributed by atoms with van der Waals surface area (Å²) in [5, 5.41) is 3.32. The first kappa shape index (κ1) is 20.9. The number of urea groups is 1. The van der Waals surface area contributed by atoms with Crippen LogP contribution in [0.5, 0.6) is 0 Å². The van der Waals surface area contributed by atoms with Crippen LogP contribution in [0, 0.1) is 6.92 Å². The van der Waals surface area contributed by atoms with Crippen LogP contribution < -0.4 is 5.32 Å². The average molecular weight is 414 g/mol. The lowest BCUT2D eigenvalue weighted by atomic mass is 9.87. The summed E-state index contributed by atoms with van der Waals surface area (Å²) < 4.78 is 0. The summed E-state index contributed by atoms with van der Waals surface area (Å²) in [5.74, 6) is -0.735. The highest BCUT2D eigenvalue weighted by Gasteiger charge is 2.51. The maximum atomic E-state index is 13.1. The monoisotopic (exact) mass is 413 g/mol. The Hall–Kier alpha value is -2.86. The minimum Gasteiger partial charge on any atom is -0.340 e. The standard InChI is InChI=1S/C22H24ClN3O3/c1-4-22(17-9-11-18(23)12-10-17)20(28)26(21(29)24-22)14-19(27)25(3)13-16-7-5-15(2)6-8-16/h5-12H,4,13-14H2,1-3H3,(H,24,29). The van der Waals surface area contributed by atoms with Crippen molar-refractivity contribution in [2.45, 2.75) is 32.4 Å². The molecule has 0 radical (unpaired) electrons. The lowest BCUT2D eigenvalue weighted by Crippen LogP contribution is -2.45. The number of nitrogens with one attached hydrogen (secondary N) is 1. The molecule has 3 rings (SSSR count). The van der Waals surface area contributed by atoms with Crippen LogP contribution in [0.3, 0.4) is 0 Å². The molecule has 29 heavy (non-hydrogen) atoms. The van der Waals surface area contributed by atoms with Crippen molar-refractivity contribution >= 4 is 29.4 Å². The maximum absolute atomic E-state index is 13.1. The van der Waals surface area contributed by atoms with Crippen LogP contribution in [0.2, 0.25) is 5.02 Å². The Labute approximate surface area is 175 Å². The molecular weight excluding hydrogens is 390 g/mol. The Morgan fingerprint density at radius 2 is 1.72 bits per heavy atom. The van der Waals surface area contributed by atoms with Crippen molar-refractivity contribution in [2.75, 3.05) is 13.6 Å². The van der Waals surface area contributed by atoms with Gasteiger partial charge in [-0.2, -0.15) is 0 Å². The van der Waals surface area contributed by atoms with Gasteiger partial charge in [0.25, 0.3) is 5.91 Å². The van der Waals surface area contributed by atoms with E-state index in [0.717, 1.165) is 16.0 Å². The number of carbonyl (C=O) groups is 3. The number of aryl methyl sites for hydroxylation is 1. The predicted molar refractivity (Wildman–Crippen MR) is 111 cm³/mol. The number of amides is 4. The fraction of sp³-hybridized carbons (Fsp3) is 0.318. The minimum absolute atomic E-state index is 0.303. The third kappa shape index (κ3) is 4.12. The summed E-state index contributed by atoms with van der Waals surface area (Å²) in [6.45, 7) is 3.92. The quantitative estimate of drug-likeness (QED) is 0.737. The molecule has 152 valence electrons. The summed E-state index contributed by atoms with van der Waals surface area (Å²) in [5.41, 5.74) is 1.58. The topological polar surface area (TPSA) is 69.7 Å². The second-order valence-electron chi connectivity index (χ2n) is 7.32. The molecule has 2 aromatic carbocycles. The number of rotatable bonds is 6. The summed E-state index contributed by atoms with van der Waals surface area (Å²) in [6, 6.07) is 14.1. The summed E-state index contributed by atoms with van der Waals surface area (Å²) in [7, 11) is 1.66. The number of carbonyl (C=O) groups excluding carboxylic acids is 3. The van der Waals surface area contributed by atoms with Crippen LogP contribution in [0.15, 0.2) is 48.5 Å². The second kappa shape index (κ2) is 8.25. The van der Waals surface area contributed by atoms with Gasteiger partial charge in [-0.3, -0.25) is 14.5 Å². The third-order valence-corrected chi connectivity index (χ3v) is 5.55. The zero-order valence-electron chi connectivity index (χ0n) is 16.7. The Balaban J connectivity index is 1.74. The van der Waals surface area contributed by atoms with Gasteiger partial charge in [-0.15, -0.1) is 0 Å². The van der Waals surface area contributed by atoms with Gasteiger partial charge in [0.1, 0.15) is 12.1 Å². The van der Waals surface area contributed by atoms with Crippen molar-refractivity contribution in [3.05, 3.63) is 70.2 Å². The fourth-order valence-corrected chi connectivity index (χ4v) is 3.58. The van der Waals surface area contributed by atoms with E-state index in [1.54, 1.807) is 31.3 Å². The number of hydrogen-bond acceptors (Lipinski definition) is 3. The van der Waals surface area contributed by atoms with Crippen LogP contribution in [0.1, 0.15) is 30.0 Å². The second-order valence-corrected chi connectivity index (χ2v) is 7.76. The highest BCUT2D eigenvalue weighted by Crippen LogP contribution is 2.33. The Kier molecular flexibility index (Phi) is 5.94. The largest absolute Gasteiger partial charge is 0.340 e. The first-order valence-corrected chi connectivity index (χ1v) is 9.84. The molecule has 1 aliphatic heterocycles. The molecule has 4 amide bonds. The van der Waals surface area contributed by atoms with Crippen LogP contribution in [0.25, 0.3) is 0 Å². The van der Waals surface area contributed by atoms with Crippen LogP contribution in [0.4, 0.5) is 4.79 Å². The minimum atomic E-state index is -1.18. The first-order valence-electron chi connectivity index (χ1n) is 9.46. The van der Waals surface area contributed by atoms with Crippen LogP contribution in [-0.4, -0.2) is 41.2 Å². The number of imide groups is 1. The van der Waals surface area contributed by atoms with E-state index in [0.29, 0.717) is 23.6 Å². The molecule has 1 N–H and O–H groups in total. The SMILES string of the molecule is CCC1(c2ccc(Cl)cc2)NC(=O)N(CC(=O)N(C)Cc2ccc(C)cc2)C1=O. The molecule has 1 unspecified atom stereocenters. The van der Waals surface area contributed by atoms with Crippen molar-refractivity contribution in [3.63, 3.8) is 0 Å². The summed E-state index contributed by atoms with van der Waals surface area (Å²) in [4.78, 5) is 40.9. The molecule has 0 aliphatic carbocycles. The summed E-state index contributed by atoms with van der Waals surface area (Å²) in [6.07, 6.45) is 0.364. The number of benzene rings is 2. The molecule has 1 saturated heterocycles. The molecule has 1 atom stereocenters. The van der Waals surface area contributed by atoms with E-state index >= 15 is 0 Å². The van der Waals surface area contributed by atoms with Gasteiger partial charge in [0.15, 0.2) is 0 Å². The van der Waals surface area contributed by atoms with E-state index in [1.807, 2.05) is 38.1 Å². The van der Waals surface area contributed by atoms with E-state index in [9.17, 15) is 14.4 Å². The van der Waals surface area contributed by atoms with Crippen molar-refractivity contribution in [3.8, 4) is 0 Å². The number of nitrogens with zero attached hydrogens (tertiary/aromatic N) is 2. The molecule has 6 nitrogen and oxygen atoms in total. The predicted octanol–water partition coefficient (Wildman–Crippen LogP) is 3.46. The average Bonchev–Trinajstić information content (AvgIpc) is 2.95. The molecular formula is C22H24ClN3O3. The molecule has 0 spiro atoms. The maximum Gasteiger partial charge on any atom is 0.325 e. The summed E-state index contributed by atoms with van der Waals surface area (Å²) >= 11 is 5.95. The smallest absolute Gasteiger partial charge is 0.325 e. The molecule has 2 aromatic rings. The highest BCUT2D eigenvalue weighted by atomic mass is 35.5. The van der Waals surface area contributed by atoms with Crippen LogP contribution in [-0.2, 0) is 21.7 Å². The lowest BCUT2D eigenvalue weighted by molar-refractivity contribution is -0.138. The molecule has 1 heterocycles. The van der Waals surface area contributed by atoms with Crippen molar-refractivity contribution in [1.82, 2.24) is 15.1 Å².